The van der Waals surface area contributed by atoms with Crippen molar-refractivity contribution in [3.63, 3.8) is 0 Å². The normalized spacial score (nSPS) is 16.2. The first kappa shape index (κ1) is 20.3. The van der Waals surface area contributed by atoms with E-state index in [0.29, 0.717) is 18.2 Å². The van der Waals surface area contributed by atoms with Gasteiger partial charge >= 0.3 is 0 Å². The zero-order valence-electron chi connectivity index (χ0n) is 16.8. The second-order valence-corrected chi connectivity index (χ2v) is 7.18. The van der Waals surface area contributed by atoms with Gasteiger partial charge in [0.1, 0.15) is 5.82 Å². The minimum absolute atomic E-state index is 0.0694. The third kappa shape index (κ3) is 4.71. The number of nitrogens with two attached hydrogens (primary N) is 1. The number of nitrogens with zero attached hydrogens (tertiary/aromatic N) is 4. The molecule has 1 aromatic carbocycles. The number of aromatic nitrogens is 2. The van der Waals surface area contributed by atoms with Gasteiger partial charge in [0.05, 0.1) is 6.20 Å². The van der Waals surface area contributed by atoms with Crippen LogP contribution in [0.15, 0.2) is 43.1 Å². The van der Waals surface area contributed by atoms with Gasteiger partial charge in [-0.2, -0.15) is 0 Å². The fraction of sp³-hybridized carbons (Fsp3) is 0.333. The van der Waals surface area contributed by atoms with Crippen molar-refractivity contribution in [2.45, 2.75) is 25.8 Å². The zero-order chi connectivity index (χ0) is 21.0. The topological polar surface area (TPSA) is 104 Å². The number of likely N-dealkylation sites (tertiary alicyclic amines) is 1. The van der Waals surface area contributed by atoms with Crippen molar-refractivity contribution in [2.24, 2.45) is 5.73 Å². The van der Waals surface area contributed by atoms with E-state index in [4.69, 9.17) is 5.73 Å². The van der Waals surface area contributed by atoms with Crippen LogP contribution in [0.25, 0.3) is 0 Å². The number of anilines is 3. The molecule has 29 heavy (non-hydrogen) atoms. The predicted octanol–water partition coefficient (Wildman–Crippen LogP) is 2.24. The van der Waals surface area contributed by atoms with Crippen molar-refractivity contribution in [1.82, 2.24) is 14.9 Å². The van der Waals surface area contributed by atoms with Gasteiger partial charge in [-0.1, -0.05) is 18.7 Å². The summed E-state index contributed by atoms with van der Waals surface area (Å²) in [6, 6.07) is 7.82. The molecule has 0 spiro atoms. The van der Waals surface area contributed by atoms with Crippen molar-refractivity contribution in [3.05, 3.63) is 54.4 Å². The minimum atomic E-state index is -0.651. The van der Waals surface area contributed by atoms with Crippen LogP contribution in [0, 0.1) is 6.92 Å². The van der Waals surface area contributed by atoms with Crippen molar-refractivity contribution in [3.8, 4) is 0 Å². The Labute approximate surface area is 170 Å². The standard InChI is InChI=1S/C21H26N6O2/c1-4-18(28)27-10-6-9-16(13-27)26(3)17-12-23-19(20(22)29)21(25-17)24-15-8-5-7-14(2)11-15/h4-5,7-8,11-12,16H,1,6,9-10,13H2,2-3H3,(H2,22,29)(H,24,25)/t16-/m1/s1. The van der Waals surface area contributed by atoms with E-state index in [1.54, 1.807) is 4.90 Å². The maximum absolute atomic E-state index is 12.0. The summed E-state index contributed by atoms with van der Waals surface area (Å²) in [6.45, 7) is 6.86. The molecule has 1 atom stereocenters. The smallest absolute Gasteiger partial charge is 0.271 e. The lowest BCUT2D eigenvalue weighted by molar-refractivity contribution is -0.127. The number of aryl methyl sites for hydroxylation is 1. The van der Waals surface area contributed by atoms with E-state index in [2.05, 4.69) is 21.9 Å². The first-order valence-corrected chi connectivity index (χ1v) is 9.53. The molecule has 1 saturated heterocycles. The number of nitrogens with one attached hydrogen (secondary N) is 1. The molecule has 0 radical (unpaired) electrons. The van der Waals surface area contributed by atoms with Crippen LogP contribution in [0.3, 0.4) is 0 Å². The largest absolute Gasteiger partial charge is 0.364 e. The number of hydrogen-bond acceptors (Lipinski definition) is 6. The summed E-state index contributed by atoms with van der Waals surface area (Å²) in [6.07, 6.45) is 4.70. The second-order valence-electron chi connectivity index (χ2n) is 7.18. The fourth-order valence-electron chi connectivity index (χ4n) is 3.46. The van der Waals surface area contributed by atoms with E-state index in [9.17, 15) is 9.59 Å². The summed E-state index contributed by atoms with van der Waals surface area (Å²) in [5.74, 6) is 0.188. The predicted molar refractivity (Wildman–Crippen MR) is 113 cm³/mol. The lowest BCUT2D eigenvalue weighted by Gasteiger charge is -2.37. The SMILES string of the molecule is C=CC(=O)N1CCC[C@@H](N(C)c2cnc(C(N)=O)c(Nc3cccc(C)c3)n2)C1. The van der Waals surface area contributed by atoms with E-state index in [0.717, 1.165) is 30.6 Å². The van der Waals surface area contributed by atoms with Gasteiger partial charge in [0.15, 0.2) is 11.5 Å². The van der Waals surface area contributed by atoms with Gasteiger partial charge in [-0.25, -0.2) is 9.97 Å². The van der Waals surface area contributed by atoms with Crippen LogP contribution in [-0.4, -0.2) is 52.9 Å². The molecule has 0 aliphatic carbocycles. The third-order valence-electron chi connectivity index (χ3n) is 5.07. The Balaban J connectivity index is 1.86. The number of rotatable bonds is 6. The number of amides is 2. The summed E-state index contributed by atoms with van der Waals surface area (Å²) < 4.78 is 0. The first-order chi connectivity index (χ1) is 13.9. The van der Waals surface area contributed by atoms with Crippen LogP contribution in [0.4, 0.5) is 17.3 Å². The van der Waals surface area contributed by atoms with Gasteiger partial charge in [0.2, 0.25) is 5.91 Å². The summed E-state index contributed by atoms with van der Waals surface area (Å²) in [7, 11) is 1.91. The van der Waals surface area contributed by atoms with Gasteiger partial charge in [0, 0.05) is 31.9 Å². The molecule has 2 heterocycles. The fourth-order valence-corrected chi connectivity index (χ4v) is 3.46. The van der Waals surface area contributed by atoms with Crippen molar-refractivity contribution in [1.29, 1.82) is 0 Å². The summed E-state index contributed by atoms with van der Waals surface area (Å²) in [5.41, 5.74) is 7.43. The van der Waals surface area contributed by atoms with Gasteiger partial charge in [0.25, 0.3) is 5.91 Å². The van der Waals surface area contributed by atoms with E-state index in [1.807, 2.05) is 43.1 Å². The maximum Gasteiger partial charge on any atom is 0.271 e. The number of likely N-dealkylation sites (N-methyl/N-ethyl adjacent to an activating group) is 1. The lowest BCUT2D eigenvalue weighted by Crippen LogP contribution is -2.48. The summed E-state index contributed by atoms with van der Waals surface area (Å²) >= 11 is 0. The van der Waals surface area contributed by atoms with Crippen molar-refractivity contribution < 1.29 is 9.59 Å². The summed E-state index contributed by atoms with van der Waals surface area (Å²) in [4.78, 5) is 36.4. The van der Waals surface area contributed by atoms with Crippen LogP contribution in [0.5, 0.6) is 0 Å². The Bertz CT molecular complexity index is 929. The Morgan fingerprint density at radius 1 is 1.41 bits per heavy atom. The lowest BCUT2D eigenvalue weighted by atomic mass is 10.0. The molecule has 152 valence electrons. The highest BCUT2D eigenvalue weighted by Gasteiger charge is 2.27. The van der Waals surface area contributed by atoms with Gasteiger partial charge < -0.3 is 20.9 Å². The Morgan fingerprint density at radius 3 is 2.90 bits per heavy atom. The quantitative estimate of drug-likeness (QED) is 0.728. The van der Waals surface area contributed by atoms with Crippen molar-refractivity contribution in [2.75, 3.05) is 30.4 Å². The first-order valence-electron chi connectivity index (χ1n) is 9.53. The molecule has 8 nitrogen and oxygen atoms in total. The van der Waals surface area contributed by atoms with Crippen molar-refractivity contribution >= 4 is 29.1 Å². The highest BCUT2D eigenvalue weighted by atomic mass is 16.2. The number of hydrogen-bond donors (Lipinski definition) is 2. The monoisotopic (exact) mass is 394 g/mol. The molecule has 2 amide bonds. The number of carbonyl (C=O) groups excluding carboxylic acids is 2. The number of primary amides is 1. The second kappa shape index (κ2) is 8.72. The molecular formula is C21H26N6O2. The molecule has 8 heteroatoms. The van der Waals surface area contributed by atoms with Crippen LogP contribution >= 0.6 is 0 Å². The van der Waals surface area contributed by atoms with E-state index in [1.165, 1.54) is 12.3 Å². The molecule has 3 N–H and O–H groups in total. The molecular weight excluding hydrogens is 368 g/mol. The molecule has 0 bridgehead atoms. The molecule has 1 aromatic heterocycles. The third-order valence-corrected chi connectivity index (χ3v) is 5.07. The van der Waals surface area contributed by atoms with Gasteiger partial charge in [-0.3, -0.25) is 9.59 Å². The Hall–Kier alpha value is -3.42. The van der Waals surface area contributed by atoms with Crippen LogP contribution in [0.1, 0.15) is 28.9 Å². The highest BCUT2D eigenvalue weighted by Crippen LogP contribution is 2.24. The van der Waals surface area contributed by atoms with Crippen LogP contribution in [-0.2, 0) is 4.79 Å². The Morgan fingerprint density at radius 2 is 2.21 bits per heavy atom. The zero-order valence-corrected chi connectivity index (χ0v) is 16.8. The number of benzene rings is 1. The molecule has 1 fully saturated rings. The minimum Gasteiger partial charge on any atom is -0.364 e. The molecule has 3 rings (SSSR count). The van der Waals surface area contributed by atoms with E-state index < -0.39 is 5.91 Å². The molecule has 2 aromatic rings. The van der Waals surface area contributed by atoms with E-state index >= 15 is 0 Å². The van der Waals surface area contributed by atoms with Crippen LogP contribution < -0.4 is 16.0 Å². The highest BCUT2D eigenvalue weighted by molar-refractivity contribution is 5.96. The number of carbonyl (C=O) groups is 2. The van der Waals surface area contributed by atoms with Gasteiger partial charge in [-0.15, -0.1) is 0 Å². The maximum atomic E-state index is 12.0. The average Bonchev–Trinajstić information content (AvgIpc) is 2.72. The molecule has 1 aliphatic rings. The van der Waals surface area contributed by atoms with E-state index in [-0.39, 0.29) is 17.6 Å². The van der Waals surface area contributed by atoms with Crippen LogP contribution in [0.2, 0.25) is 0 Å². The molecule has 0 unspecified atom stereocenters. The summed E-state index contributed by atoms with van der Waals surface area (Å²) in [5, 5.41) is 3.15. The average molecular weight is 394 g/mol. The molecule has 1 aliphatic heterocycles. The number of piperidine rings is 1. The Kier molecular flexibility index (Phi) is 6.11. The van der Waals surface area contributed by atoms with Gasteiger partial charge in [-0.05, 0) is 43.5 Å². The molecule has 0 saturated carbocycles.